The van der Waals surface area contributed by atoms with Gasteiger partial charge in [0.05, 0.1) is 18.6 Å². The number of rotatable bonds is 11. The molecule has 0 fully saturated rings. The number of carboxylic acid groups (broad SMARTS) is 1. The summed E-state index contributed by atoms with van der Waals surface area (Å²) < 4.78 is 15.9. The van der Waals surface area contributed by atoms with Crippen LogP contribution in [0, 0.1) is 5.82 Å². The Morgan fingerprint density at radius 3 is 2.05 bits per heavy atom. The fourth-order valence-electron chi connectivity index (χ4n) is 4.88. The standard InChI is InChI=1S/C33H33FN2O5/c1-21(2)36-28(18-17-26(37)19-27(38)20-29(39)40)30(23-13-15-24(34)16-14-23)31(22-9-5-3-6-10-22)32(36)33(41)35-25-11-7-4-8-12-25/h3-18,21,26-27,37-38H,19-20H2,1-2H3,(H,35,41)(H,39,40). The van der Waals surface area contributed by atoms with Crippen LogP contribution in [-0.2, 0) is 4.79 Å². The second-order valence-corrected chi connectivity index (χ2v) is 10.1. The van der Waals surface area contributed by atoms with Crippen LogP contribution in [0.4, 0.5) is 10.1 Å². The highest BCUT2D eigenvalue weighted by atomic mass is 19.1. The number of aromatic nitrogens is 1. The Labute approximate surface area is 238 Å². The third kappa shape index (κ3) is 7.16. The van der Waals surface area contributed by atoms with Gasteiger partial charge in [0.15, 0.2) is 0 Å². The lowest BCUT2D eigenvalue weighted by atomic mass is 9.94. The van der Waals surface area contributed by atoms with Crippen LogP contribution in [0.25, 0.3) is 28.3 Å². The monoisotopic (exact) mass is 556 g/mol. The van der Waals surface area contributed by atoms with Crippen LogP contribution in [0.15, 0.2) is 91.0 Å². The van der Waals surface area contributed by atoms with E-state index in [-0.39, 0.29) is 18.4 Å². The Balaban J connectivity index is 1.96. The van der Waals surface area contributed by atoms with Gasteiger partial charge in [-0.05, 0) is 55.3 Å². The molecule has 7 nitrogen and oxygen atoms in total. The molecule has 3 aromatic carbocycles. The zero-order valence-electron chi connectivity index (χ0n) is 22.9. The minimum absolute atomic E-state index is 0.177. The predicted molar refractivity (Wildman–Crippen MR) is 158 cm³/mol. The van der Waals surface area contributed by atoms with Crippen molar-refractivity contribution in [2.45, 2.75) is 44.9 Å². The molecule has 0 aliphatic heterocycles. The van der Waals surface area contributed by atoms with Gasteiger partial charge in [-0.15, -0.1) is 0 Å². The molecule has 2 unspecified atom stereocenters. The van der Waals surface area contributed by atoms with Crippen LogP contribution in [0.1, 0.15) is 48.9 Å². The fourth-order valence-corrected chi connectivity index (χ4v) is 4.88. The topological polar surface area (TPSA) is 112 Å². The summed E-state index contributed by atoms with van der Waals surface area (Å²) in [5.74, 6) is -1.91. The molecule has 0 radical (unpaired) electrons. The molecule has 2 atom stereocenters. The van der Waals surface area contributed by atoms with Crippen LogP contribution in [0.3, 0.4) is 0 Å². The van der Waals surface area contributed by atoms with Crippen molar-refractivity contribution in [3.63, 3.8) is 0 Å². The van der Waals surface area contributed by atoms with Gasteiger partial charge < -0.3 is 25.2 Å². The first-order valence-electron chi connectivity index (χ1n) is 13.4. The van der Waals surface area contributed by atoms with Crippen LogP contribution < -0.4 is 5.32 Å². The van der Waals surface area contributed by atoms with Gasteiger partial charge in [0.2, 0.25) is 0 Å². The second kappa shape index (κ2) is 13.2. The number of carbonyl (C=O) groups is 2. The van der Waals surface area contributed by atoms with Gasteiger partial charge >= 0.3 is 5.97 Å². The molecule has 212 valence electrons. The number of halogens is 1. The van der Waals surface area contributed by atoms with E-state index in [4.69, 9.17) is 5.11 Å². The normalized spacial score (nSPS) is 12.9. The molecule has 0 spiro atoms. The third-order valence-electron chi connectivity index (χ3n) is 6.60. The smallest absolute Gasteiger partial charge is 0.305 e. The van der Waals surface area contributed by atoms with Gasteiger partial charge in [-0.2, -0.15) is 0 Å². The van der Waals surface area contributed by atoms with Gasteiger partial charge in [0.1, 0.15) is 11.5 Å². The molecule has 0 aliphatic carbocycles. The van der Waals surface area contributed by atoms with Crippen molar-refractivity contribution < 1.29 is 29.3 Å². The summed E-state index contributed by atoms with van der Waals surface area (Å²) in [6.07, 6.45) is 0.0955. The lowest BCUT2D eigenvalue weighted by Gasteiger charge is -2.17. The number of nitrogens with zero attached hydrogens (tertiary/aromatic N) is 1. The van der Waals surface area contributed by atoms with Crippen molar-refractivity contribution in [2.24, 2.45) is 0 Å². The van der Waals surface area contributed by atoms with Crippen molar-refractivity contribution in [2.75, 3.05) is 5.32 Å². The molecular formula is C33H33FN2O5. The van der Waals surface area contributed by atoms with E-state index in [0.29, 0.717) is 33.8 Å². The summed E-state index contributed by atoms with van der Waals surface area (Å²) in [6.45, 7) is 3.87. The van der Waals surface area contributed by atoms with E-state index in [1.165, 1.54) is 18.2 Å². The molecule has 4 N–H and O–H groups in total. The molecule has 4 aromatic rings. The Bertz CT molecular complexity index is 1510. The number of benzene rings is 3. The minimum atomic E-state index is -1.23. The van der Waals surface area contributed by atoms with E-state index in [1.54, 1.807) is 30.3 Å². The van der Waals surface area contributed by atoms with Gasteiger partial charge in [0, 0.05) is 35.0 Å². The number of carbonyl (C=O) groups excluding carboxylic acids is 1. The summed E-state index contributed by atoms with van der Waals surface area (Å²) >= 11 is 0. The van der Waals surface area contributed by atoms with E-state index >= 15 is 0 Å². The summed E-state index contributed by atoms with van der Waals surface area (Å²) in [7, 11) is 0. The summed E-state index contributed by atoms with van der Waals surface area (Å²) in [6, 6.07) is 24.3. The largest absolute Gasteiger partial charge is 0.481 e. The molecule has 1 heterocycles. The van der Waals surface area contributed by atoms with Gasteiger partial charge in [-0.25, -0.2) is 4.39 Å². The predicted octanol–water partition coefficient (Wildman–Crippen LogP) is 6.39. The van der Waals surface area contributed by atoms with Crippen molar-refractivity contribution in [1.82, 2.24) is 4.57 Å². The van der Waals surface area contributed by atoms with E-state index in [2.05, 4.69) is 5.32 Å². The zero-order valence-corrected chi connectivity index (χ0v) is 22.9. The number of amides is 1. The average Bonchev–Trinajstić information content (AvgIpc) is 3.28. The second-order valence-electron chi connectivity index (χ2n) is 10.1. The number of para-hydroxylation sites is 1. The van der Waals surface area contributed by atoms with Crippen molar-refractivity contribution in [3.05, 3.63) is 108 Å². The van der Waals surface area contributed by atoms with Gasteiger partial charge in [-0.3, -0.25) is 9.59 Å². The molecule has 4 rings (SSSR count). The molecule has 0 saturated heterocycles. The Kier molecular flexibility index (Phi) is 9.49. The number of aliphatic hydroxyl groups is 2. The Hall–Kier alpha value is -4.53. The number of aliphatic carboxylic acids is 1. The lowest BCUT2D eigenvalue weighted by molar-refractivity contribution is -0.139. The Morgan fingerprint density at radius 1 is 0.878 bits per heavy atom. The molecule has 0 aliphatic rings. The van der Waals surface area contributed by atoms with Crippen molar-refractivity contribution in [1.29, 1.82) is 0 Å². The molecule has 41 heavy (non-hydrogen) atoms. The molecule has 0 saturated carbocycles. The maximum atomic E-state index is 14.0. The SMILES string of the molecule is CC(C)n1c(C=CC(O)CC(O)CC(=O)O)c(-c2ccc(F)cc2)c(-c2ccccc2)c1C(=O)Nc1ccccc1. The van der Waals surface area contributed by atoms with Crippen molar-refractivity contribution in [3.8, 4) is 22.3 Å². The number of anilines is 1. The highest BCUT2D eigenvalue weighted by Gasteiger charge is 2.29. The first-order valence-corrected chi connectivity index (χ1v) is 13.4. The van der Waals surface area contributed by atoms with E-state index in [1.807, 2.05) is 66.9 Å². The van der Waals surface area contributed by atoms with Gasteiger partial charge in [0.25, 0.3) is 5.91 Å². The van der Waals surface area contributed by atoms with Crippen LogP contribution in [0.2, 0.25) is 0 Å². The Morgan fingerprint density at radius 2 is 1.46 bits per heavy atom. The van der Waals surface area contributed by atoms with Crippen LogP contribution in [-0.4, -0.2) is 44.0 Å². The maximum absolute atomic E-state index is 14.0. The average molecular weight is 557 g/mol. The number of hydrogen-bond acceptors (Lipinski definition) is 4. The van der Waals surface area contributed by atoms with Gasteiger partial charge in [-0.1, -0.05) is 66.7 Å². The molecule has 0 bridgehead atoms. The van der Waals surface area contributed by atoms with Crippen LogP contribution in [0.5, 0.6) is 0 Å². The van der Waals surface area contributed by atoms with Crippen LogP contribution >= 0.6 is 0 Å². The van der Waals surface area contributed by atoms with E-state index in [9.17, 15) is 24.2 Å². The molecule has 1 aromatic heterocycles. The molecule has 1 amide bonds. The maximum Gasteiger partial charge on any atom is 0.305 e. The fraction of sp³-hybridized carbons (Fsp3) is 0.212. The van der Waals surface area contributed by atoms with E-state index < -0.39 is 30.4 Å². The summed E-state index contributed by atoms with van der Waals surface area (Å²) in [5.41, 5.74) is 4.34. The number of hydrogen-bond donors (Lipinski definition) is 4. The number of carboxylic acids is 1. The quantitative estimate of drug-likeness (QED) is 0.171. The lowest BCUT2D eigenvalue weighted by Crippen LogP contribution is -2.20. The third-order valence-corrected chi connectivity index (χ3v) is 6.60. The number of aliphatic hydroxyl groups excluding tert-OH is 2. The first-order chi connectivity index (χ1) is 19.7. The minimum Gasteiger partial charge on any atom is -0.481 e. The summed E-state index contributed by atoms with van der Waals surface area (Å²) in [4.78, 5) is 25.0. The highest BCUT2D eigenvalue weighted by Crippen LogP contribution is 2.42. The molecule has 8 heteroatoms. The highest BCUT2D eigenvalue weighted by molar-refractivity contribution is 6.11. The zero-order chi connectivity index (χ0) is 29.5. The summed E-state index contributed by atoms with van der Waals surface area (Å²) in [5, 5.41) is 32.6. The number of nitrogens with one attached hydrogen (secondary N) is 1. The molecular weight excluding hydrogens is 523 g/mol. The van der Waals surface area contributed by atoms with E-state index in [0.717, 1.165) is 5.56 Å². The van der Waals surface area contributed by atoms with Crippen molar-refractivity contribution >= 4 is 23.6 Å². The first kappa shape index (κ1) is 29.5.